The average Bonchev–Trinajstić information content (AvgIpc) is 2.58. The number of rotatable bonds is 7. The van der Waals surface area contributed by atoms with Gasteiger partial charge in [-0.3, -0.25) is 0 Å². The normalized spacial score (nSPS) is 19.2. The van der Waals surface area contributed by atoms with Gasteiger partial charge in [-0.05, 0) is 56.5 Å². The van der Waals surface area contributed by atoms with E-state index in [-0.39, 0.29) is 10.5 Å². The van der Waals surface area contributed by atoms with Gasteiger partial charge in [0.05, 0.1) is 17.6 Å². The second kappa shape index (κ2) is 8.60. The Kier molecular flexibility index (Phi) is 6.77. The summed E-state index contributed by atoms with van der Waals surface area (Å²) in [6.07, 6.45) is 3.26. The van der Waals surface area contributed by atoms with E-state index in [0.29, 0.717) is 6.54 Å². The number of likely N-dealkylation sites (tertiary alicyclic amines) is 1. The molecule has 1 atom stereocenters. The van der Waals surface area contributed by atoms with E-state index in [1.807, 2.05) is 0 Å². The van der Waals surface area contributed by atoms with Crippen molar-refractivity contribution < 1.29 is 17.9 Å². The fourth-order valence-corrected chi connectivity index (χ4v) is 4.11. The number of nitrogens with zero attached hydrogens (tertiary/aromatic N) is 1. The van der Waals surface area contributed by atoms with Crippen molar-refractivity contribution in [3.63, 3.8) is 0 Å². The molecule has 7 heteroatoms. The molecule has 0 bridgehead atoms. The fourth-order valence-electron chi connectivity index (χ4n) is 2.99. The van der Waals surface area contributed by atoms with Crippen molar-refractivity contribution in [2.24, 2.45) is 5.92 Å². The van der Waals surface area contributed by atoms with Crippen LogP contribution in [0.25, 0.3) is 0 Å². The zero-order valence-corrected chi connectivity index (χ0v) is 15.1. The van der Waals surface area contributed by atoms with Crippen molar-refractivity contribution in [1.29, 1.82) is 0 Å². The number of methoxy groups -OCH3 is 1. The summed E-state index contributed by atoms with van der Waals surface area (Å²) in [6, 6.07) is 5.87. The molecule has 0 amide bonds. The molecule has 1 fully saturated rings. The Morgan fingerprint density at radius 1 is 1.42 bits per heavy atom. The minimum atomic E-state index is -3.61. The highest BCUT2D eigenvalue weighted by Crippen LogP contribution is 2.15. The fraction of sp³-hybridized carbons (Fsp3) is 0.588. The highest BCUT2D eigenvalue weighted by molar-refractivity contribution is 7.89. The maximum atomic E-state index is 12.3. The Labute approximate surface area is 144 Å². The molecular weight excluding hydrogens is 328 g/mol. The van der Waals surface area contributed by atoms with Gasteiger partial charge in [0.15, 0.2) is 0 Å². The van der Waals surface area contributed by atoms with Crippen LogP contribution in [0, 0.1) is 5.92 Å². The zero-order chi connectivity index (χ0) is 17.6. The molecule has 0 aromatic heterocycles. The van der Waals surface area contributed by atoms with Crippen LogP contribution in [0.15, 0.2) is 29.2 Å². The SMILES string of the molecule is COC(=O)c1cccc(S(=O)(=O)NCCCN2CCCC(C)C2)c1. The summed E-state index contributed by atoms with van der Waals surface area (Å²) < 4.78 is 31.9. The average molecular weight is 354 g/mol. The summed E-state index contributed by atoms with van der Waals surface area (Å²) in [5.41, 5.74) is 0.225. The molecule has 1 saturated heterocycles. The minimum Gasteiger partial charge on any atom is -0.465 e. The molecule has 24 heavy (non-hydrogen) atoms. The first-order valence-corrected chi connectivity index (χ1v) is 9.81. The summed E-state index contributed by atoms with van der Waals surface area (Å²) in [6.45, 7) is 5.72. The first-order chi connectivity index (χ1) is 11.4. The zero-order valence-electron chi connectivity index (χ0n) is 14.3. The van der Waals surface area contributed by atoms with Crippen LogP contribution in [0.4, 0.5) is 0 Å². The van der Waals surface area contributed by atoms with Crippen molar-refractivity contribution >= 4 is 16.0 Å². The standard InChI is InChI=1S/C17H26N2O4S/c1-14-6-4-10-19(13-14)11-5-9-18-24(21,22)16-8-3-7-15(12-16)17(20)23-2/h3,7-8,12,14,18H,4-6,9-11,13H2,1-2H3. The molecule has 1 aromatic rings. The van der Waals surface area contributed by atoms with E-state index in [1.165, 1.54) is 44.2 Å². The van der Waals surface area contributed by atoms with Gasteiger partial charge in [0.2, 0.25) is 10.0 Å². The number of benzene rings is 1. The number of carbonyl (C=O) groups excluding carboxylic acids is 1. The van der Waals surface area contributed by atoms with Crippen LogP contribution < -0.4 is 4.72 Å². The third kappa shape index (κ3) is 5.29. The van der Waals surface area contributed by atoms with Crippen molar-refractivity contribution in [1.82, 2.24) is 9.62 Å². The van der Waals surface area contributed by atoms with Crippen molar-refractivity contribution in [3.05, 3.63) is 29.8 Å². The predicted octanol–water partition coefficient (Wildman–Crippen LogP) is 1.87. The van der Waals surface area contributed by atoms with E-state index in [9.17, 15) is 13.2 Å². The largest absolute Gasteiger partial charge is 0.465 e. The van der Waals surface area contributed by atoms with E-state index < -0.39 is 16.0 Å². The molecule has 1 N–H and O–H groups in total. The number of ether oxygens (including phenoxy) is 1. The molecule has 6 nitrogen and oxygen atoms in total. The first-order valence-electron chi connectivity index (χ1n) is 8.33. The molecular formula is C17H26N2O4S. The lowest BCUT2D eigenvalue weighted by Crippen LogP contribution is -2.36. The number of hydrogen-bond acceptors (Lipinski definition) is 5. The van der Waals surface area contributed by atoms with E-state index in [1.54, 1.807) is 0 Å². The molecule has 0 radical (unpaired) electrons. The smallest absolute Gasteiger partial charge is 0.337 e. The van der Waals surface area contributed by atoms with Crippen LogP contribution in [0.1, 0.15) is 36.5 Å². The van der Waals surface area contributed by atoms with Gasteiger partial charge in [-0.15, -0.1) is 0 Å². The topological polar surface area (TPSA) is 75.7 Å². The van der Waals surface area contributed by atoms with Gasteiger partial charge in [-0.2, -0.15) is 0 Å². The second-order valence-electron chi connectivity index (χ2n) is 6.32. The van der Waals surface area contributed by atoms with Gasteiger partial charge < -0.3 is 9.64 Å². The van der Waals surface area contributed by atoms with E-state index in [0.717, 1.165) is 32.0 Å². The summed E-state index contributed by atoms with van der Waals surface area (Å²) in [5, 5.41) is 0. The van der Waals surface area contributed by atoms with Crippen LogP contribution in [0.5, 0.6) is 0 Å². The summed E-state index contributed by atoms with van der Waals surface area (Å²) in [7, 11) is -2.35. The molecule has 0 saturated carbocycles. The van der Waals surface area contributed by atoms with E-state index in [4.69, 9.17) is 0 Å². The van der Waals surface area contributed by atoms with Gasteiger partial charge in [0.25, 0.3) is 0 Å². The number of esters is 1. The van der Waals surface area contributed by atoms with Crippen molar-refractivity contribution in [2.75, 3.05) is 33.3 Å². The van der Waals surface area contributed by atoms with Gasteiger partial charge in [-0.25, -0.2) is 17.9 Å². The number of nitrogens with one attached hydrogen (secondary N) is 1. The number of hydrogen-bond donors (Lipinski definition) is 1. The van der Waals surface area contributed by atoms with E-state index >= 15 is 0 Å². The quantitative estimate of drug-likeness (QED) is 0.598. The van der Waals surface area contributed by atoms with Crippen LogP contribution in [0.3, 0.4) is 0 Å². The molecule has 134 valence electrons. The molecule has 0 spiro atoms. The molecule has 0 aliphatic carbocycles. The Bertz CT molecular complexity index is 660. The highest BCUT2D eigenvalue weighted by atomic mass is 32.2. The molecule has 1 heterocycles. The number of sulfonamides is 1. The molecule has 1 aromatic carbocycles. The second-order valence-corrected chi connectivity index (χ2v) is 8.09. The maximum absolute atomic E-state index is 12.3. The predicted molar refractivity (Wildman–Crippen MR) is 92.4 cm³/mol. The first kappa shape index (κ1) is 18.9. The highest BCUT2D eigenvalue weighted by Gasteiger charge is 2.18. The molecule has 1 unspecified atom stereocenters. The third-order valence-corrected chi connectivity index (χ3v) is 5.71. The molecule has 1 aliphatic heterocycles. The molecule has 1 aliphatic rings. The Hall–Kier alpha value is -1.44. The van der Waals surface area contributed by atoms with Crippen LogP contribution in [0.2, 0.25) is 0 Å². The lowest BCUT2D eigenvalue weighted by molar-refractivity contribution is 0.0600. The van der Waals surface area contributed by atoms with Crippen molar-refractivity contribution in [2.45, 2.75) is 31.1 Å². The van der Waals surface area contributed by atoms with Crippen molar-refractivity contribution in [3.8, 4) is 0 Å². The molecule has 2 rings (SSSR count). The maximum Gasteiger partial charge on any atom is 0.337 e. The Morgan fingerprint density at radius 3 is 2.92 bits per heavy atom. The van der Waals surface area contributed by atoms with Gasteiger partial charge in [0.1, 0.15) is 0 Å². The third-order valence-electron chi connectivity index (χ3n) is 4.25. The van der Waals surface area contributed by atoms with Gasteiger partial charge >= 0.3 is 5.97 Å². The van der Waals surface area contributed by atoms with Crippen LogP contribution >= 0.6 is 0 Å². The Balaban J connectivity index is 1.86. The summed E-state index contributed by atoms with van der Waals surface area (Å²) in [4.78, 5) is 14.0. The van der Waals surface area contributed by atoms with Gasteiger partial charge in [-0.1, -0.05) is 13.0 Å². The van der Waals surface area contributed by atoms with Crippen LogP contribution in [-0.2, 0) is 14.8 Å². The van der Waals surface area contributed by atoms with E-state index in [2.05, 4.69) is 21.3 Å². The number of carbonyl (C=O) groups is 1. The monoisotopic (exact) mass is 354 g/mol. The lowest BCUT2D eigenvalue weighted by atomic mass is 10.0. The van der Waals surface area contributed by atoms with Gasteiger partial charge in [0, 0.05) is 13.1 Å². The lowest BCUT2D eigenvalue weighted by Gasteiger charge is -2.30. The summed E-state index contributed by atoms with van der Waals surface area (Å²) in [5.74, 6) is 0.169. The Morgan fingerprint density at radius 2 is 2.21 bits per heavy atom. The summed E-state index contributed by atoms with van der Waals surface area (Å²) >= 11 is 0. The van der Waals surface area contributed by atoms with Crippen LogP contribution in [-0.4, -0.2) is 52.6 Å². The minimum absolute atomic E-state index is 0.0806. The number of piperidine rings is 1.